The molecule has 2 aromatic carbocycles. The molecule has 0 unspecified atom stereocenters. The van der Waals surface area contributed by atoms with E-state index in [0.717, 1.165) is 35.1 Å². The third-order valence-corrected chi connectivity index (χ3v) is 11.7. The number of nitrogens with one attached hydrogen (secondary N) is 1. The highest BCUT2D eigenvalue weighted by molar-refractivity contribution is 8.00. The number of aromatic nitrogens is 1. The van der Waals surface area contributed by atoms with E-state index in [4.69, 9.17) is 0 Å². The molecule has 2 heterocycles. The molecule has 1 aromatic heterocycles. The van der Waals surface area contributed by atoms with E-state index in [1.54, 1.807) is 11.8 Å². The van der Waals surface area contributed by atoms with Crippen molar-refractivity contribution in [1.82, 2.24) is 4.57 Å². The van der Waals surface area contributed by atoms with Crippen molar-refractivity contribution in [2.45, 2.75) is 62.0 Å². The number of carbonyl (C=O) groups is 1. The molecule has 1 N–H and O–H groups in total. The average molecular weight is 588 g/mol. The number of carbonyl (C=O) groups excluding carboxylic acids is 1. The van der Waals surface area contributed by atoms with Gasteiger partial charge in [-0.25, -0.2) is 0 Å². The number of thiazole rings is 1. The third kappa shape index (κ3) is 4.87. The number of anilines is 2. The normalized spacial score (nSPS) is 25.0. The average Bonchev–Trinajstić information content (AvgIpc) is 3.63. The highest BCUT2D eigenvalue weighted by Gasteiger charge is 2.55. The first-order valence-electron chi connectivity index (χ1n) is 13.9. The fraction of sp³-hybridized carbons (Fsp3) is 0.467. The lowest BCUT2D eigenvalue weighted by Gasteiger charge is -2.40. The smallest absolute Gasteiger partial charge is 0.372 e. The van der Waals surface area contributed by atoms with Gasteiger partial charge in [-0.2, -0.15) is 13.2 Å². The first-order chi connectivity index (χ1) is 19.2. The fourth-order valence-electron chi connectivity index (χ4n) is 7.06. The minimum absolute atomic E-state index is 0.0592. The fourth-order valence-corrected chi connectivity index (χ4v) is 10.2. The van der Waals surface area contributed by atoms with E-state index in [1.807, 2.05) is 0 Å². The van der Waals surface area contributed by atoms with Gasteiger partial charge in [0.25, 0.3) is 0 Å². The molecule has 2 aliphatic carbocycles. The van der Waals surface area contributed by atoms with Crippen LogP contribution in [0.15, 0.2) is 58.4 Å². The SMILES string of the molecule is CCN(CC)c1ccc([C@@H]2c3sc(=O)n(CC(=O)Nc4cccc(C(F)(F)F)c4)c3S[C@@H]3[C@H]4CC[C@@H](C4)[C@@H]23)cc1. The van der Waals surface area contributed by atoms with Crippen LogP contribution < -0.4 is 15.1 Å². The van der Waals surface area contributed by atoms with Crippen LogP contribution in [0, 0.1) is 17.8 Å². The van der Waals surface area contributed by atoms with Gasteiger partial charge in [-0.15, -0.1) is 11.8 Å². The summed E-state index contributed by atoms with van der Waals surface area (Å²) in [6.07, 6.45) is -0.862. The molecule has 1 amide bonds. The highest BCUT2D eigenvalue weighted by atomic mass is 32.2. The van der Waals surface area contributed by atoms with E-state index < -0.39 is 17.6 Å². The number of fused-ring (bicyclic) bond motifs is 6. The second-order valence-electron chi connectivity index (χ2n) is 11.0. The number of hydrogen-bond acceptors (Lipinski definition) is 5. The van der Waals surface area contributed by atoms with Gasteiger partial charge in [-0.1, -0.05) is 29.5 Å². The summed E-state index contributed by atoms with van der Waals surface area (Å²) in [5.41, 5.74) is 1.62. The molecular formula is C30H32F3N3O2S2. The molecular weight excluding hydrogens is 555 g/mol. The van der Waals surface area contributed by atoms with Gasteiger partial charge in [0.15, 0.2) is 0 Å². The van der Waals surface area contributed by atoms with Crippen LogP contribution in [0.5, 0.6) is 0 Å². The summed E-state index contributed by atoms with van der Waals surface area (Å²) in [6.45, 7) is 5.92. The van der Waals surface area contributed by atoms with Crippen LogP contribution in [0.25, 0.3) is 0 Å². The molecule has 0 radical (unpaired) electrons. The lowest BCUT2D eigenvalue weighted by molar-refractivity contribution is -0.137. The maximum Gasteiger partial charge on any atom is 0.416 e. The maximum atomic E-state index is 13.3. The van der Waals surface area contributed by atoms with E-state index in [9.17, 15) is 22.8 Å². The summed E-state index contributed by atoms with van der Waals surface area (Å²) in [4.78, 5) is 29.4. The number of hydrogen-bond donors (Lipinski definition) is 1. The molecule has 2 fully saturated rings. The van der Waals surface area contributed by atoms with E-state index in [0.29, 0.717) is 23.0 Å². The molecule has 1 aliphatic heterocycles. The molecule has 5 atom stereocenters. The summed E-state index contributed by atoms with van der Waals surface area (Å²) in [7, 11) is 0. The largest absolute Gasteiger partial charge is 0.416 e. The minimum Gasteiger partial charge on any atom is -0.372 e. The van der Waals surface area contributed by atoms with Crippen LogP contribution in [0.4, 0.5) is 24.5 Å². The Morgan fingerprint density at radius 2 is 1.80 bits per heavy atom. The van der Waals surface area contributed by atoms with Crippen LogP contribution in [0.2, 0.25) is 0 Å². The third-order valence-electron chi connectivity index (χ3n) is 8.85. The zero-order chi connectivity index (χ0) is 28.2. The van der Waals surface area contributed by atoms with Gasteiger partial charge in [0.05, 0.1) is 10.6 Å². The molecule has 2 saturated carbocycles. The van der Waals surface area contributed by atoms with Gasteiger partial charge in [-0.05, 0) is 86.8 Å². The Labute approximate surface area is 239 Å². The van der Waals surface area contributed by atoms with Gasteiger partial charge in [0, 0.05) is 40.5 Å². The molecule has 10 heteroatoms. The van der Waals surface area contributed by atoms with Gasteiger partial charge in [0.1, 0.15) is 6.54 Å². The number of rotatable bonds is 7. The van der Waals surface area contributed by atoms with E-state index in [1.165, 1.54) is 58.5 Å². The van der Waals surface area contributed by atoms with Crippen molar-refractivity contribution in [3.63, 3.8) is 0 Å². The predicted octanol–water partition coefficient (Wildman–Crippen LogP) is 7.07. The Kier molecular flexibility index (Phi) is 7.27. The first kappa shape index (κ1) is 27.4. The summed E-state index contributed by atoms with van der Waals surface area (Å²) in [5, 5.41) is 3.80. The molecule has 40 heavy (non-hydrogen) atoms. The standard InChI is InChI=1S/C30H32F3N3O2S2/c1-3-35(4-2)22-12-10-17(11-13-22)24-25-18-8-9-19(14-18)26(25)39-28-27(24)40-29(38)36(28)16-23(37)34-21-7-5-6-20(15-21)30(31,32)33/h5-7,10-13,15,18-19,24-26H,3-4,8-9,14,16H2,1-2H3,(H,34,37)/t18-,19-,24-,25-,26+/m0/s1. The van der Waals surface area contributed by atoms with Crippen molar-refractivity contribution < 1.29 is 18.0 Å². The summed E-state index contributed by atoms with van der Waals surface area (Å²) >= 11 is 2.96. The van der Waals surface area contributed by atoms with Crippen LogP contribution in [0.1, 0.15) is 55.0 Å². The zero-order valence-electron chi connectivity index (χ0n) is 22.4. The Morgan fingerprint density at radius 1 is 1.07 bits per heavy atom. The second-order valence-corrected chi connectivity index (χ2v) is 13.1. The van der Waals surface area contributed by atoms with Crippen molar-refractivity contribution in [2.75, 3.05) is 23.3 Å². The minimum atomic E-state index is -4.50. The molecule has 212 valence electrons. The lowest BCUT2D eigenvalue weighted by atomic mass is 9.75. The van der Waals surface area contributed by atoms with E-state index >= 15 is 0 Å². The molecule has 5 nitrogen and oxygen atoms in total. The van der Waals surface area contributed by atoms with Crippen molar-refractivity contribution in [3.8, 4) is 0 Å². The highest BCUT2D eigenvalue weighted by Crippen LogP contribution is 2.64. The van der Waals surface area contributed by atoms with Gasteiger partial charge >= 0.3 is 11.0 Å². The summed E-state index contributed by atoms with van der Waals surface area (Å²) < 4.78 is 40.9. The monoisotopic (exact) mass is 587 g/mol. The molecule has 6 rings (SSSR count). The first-order valence-corrected chi connectivity index (χ1v) is 15.6. The molecule has 0 saturated heterocycles. The van der Waals surface area contributed by atoms with E-state index in [2.05, 4.69) is 48.3 Å². The lowest BCUT2D eigenvalue weighted by Crippen LogP contribution is -2.35. The van der Waals surface area contributed by atoms with Crippen LogP contribution in [-0.4, -0.2) is 28.8 Å². The second kappa shape index (κ2) is 10.6. The Morgan fingerprint density at radius 3 is 2.50 bits per heavy atom. The van der Waals surface area contributed by atoms with Crippen molar-refractivity contribution in [2.24, 2.45) is 17.8 Å². The number of nitrogens with zero attached hydrogens (tertiary/aromatic N) is 2. The number of alkyl halides is 3. The molecule has 2 bridgehead atoms. The number of halogens is 3. The Bertz CT molecular complexity index is 1460. The number of amides is 1. The maximum absolute atomic E-state index is 13.3. The van der Waals surface area contributed by atoms with Gasteiger partial charge in [-0.3, -0.25) is 14.2 Å². The van der Waals surface area contributed by atoms with Crippen molar-refractivity contribution >= 4 is 40.4 Å². The number of benzene rings is 2. The topological polar surface area (TPSA) is 54.3 Å². The summed E-state index contributed by atoms with van der Waals surface area (Å²) in [5.74, 6) is 1.29. The van der Waals surface area contributed by atoms with Crippen LogP contribution >= 0.6 is 23.1 Å². The van der Waals surface area contributed by atoms with Crippen molar-refractivity contribution in [1.29, 1.82) is 0 Å². The summed E-state index contributed by atoms with van der Waals surface area (Å²) in [6, 6.07) is 13.3. The van der Waals surface area contributed by atoms with Crippen LogP contribution in [-0.2, 0) is 17.5 Å². The van der Waals surface area contributed by atoms with Gasteiger partial charge < -0.3 is 10.2 Å². The number of thioether (sulfide) groups is 1. The quantitative estimate of drug-likeness (QED) is 0.322. The zero-order valence-corrected chi connectivity index (χ0v) is 24.0. The van der Waals surface area contributed by atoms with Crippen molar-refractivity contribution in [3.05, 3.63) is 74.2 Å². The predicted molar refractivity (Wildman–Crippen MR) is 154 cm³/mol. The Balaban J connectivity index is 1.32. The van der Waals surface area contributed by atoms with E-state index in [-0.39, 0.29) is 23.0 Å². The van der Waals surface area contributed by atoms with Gasteiger partial charge in [0.2, 0.25) is 5.91 Å². The van der Waals surface area contributed by atoms with Crippen LogP contribution in [0.3, 0.4) is 0 Å². The molecule has 3 aliphatic rings. The molecule has 3 aromatic rings. The molecule has 0 spiro atoms. The Hall–Kier alpha value is -2.72.